The number of nitrogens with zero attached hydrogens (tertiary/aromatic N) is 4. The molecule has 0 bridgehead atoms. The van der Waals surface area contributed by atoms with Gasteiger partial charge >= 0.3 is 5.97 Å². The van der Waals surface area contributed by atoms with Crippen LogP contribution in [0.25, 0.3) is 17.0 Å². The highest BCUT2D eigenvalue weighted by Crippen LogP contribution is 2.32. The first kappa shape index (κ1) is 28.7. The number of rotatable bonds is 7. The maximum Gasteiger partial charge on any atom is 0.338 e. The molecule has 1 atom stereocenters. The Morgan fingerprint density at radius 1 is 1.07 bits per heavy atom. The highest BCUT2D eigenvalue weighted by Gasteiger charge is 2.33. The van der Waals surface area contributed by atoms with E-state index in [2.05, 4.69) is 22.9 Å². The van der Waals surface area contributed by atoms with E-state index < -0.39 is 12.0 Å². The first-order valence-corrected chi connectivity index (χ1v) is 15.2. The third kappa shape index (κ3) is 5.44. The standard InChI is InChI=1S/C34H31ClN4O3S/c1-5-42-33(41)30-21(2)36-34-39(31(30)23-12-16-26(17-13-23)37(3)4)32(40)29(43-34)18-24-20-38(28-9-7-6-8-27(24)28)19-22-10-14-25(35)15-11-22/h6-18,20,31H,5,19H2,1-4H3/b29-18+/t31-/m1/s1. The zero-order valence-electron chi connectivity index (χ0n) is 24.4. The second-order valence-corrected chi connectivity index (χ2v) is 12.1. The Labute approximate surface area is 258 Å². The summed E-state index contributed by atoms with van der Waals surface area (Å²) in [5.41, 5.74) is 5.68. The molecular weight excluding hydrogens is 580 g/mol. The van der Waals surface area contributed by atoms with Crippen LogP contribution < -0.4 is 19.8 Å². The summed E-state index contributed by atoms with van der Waals surface area (Å²) in [6.45, 7) is 4.46. The van der Waals surface area contributed by atoms with E-state index in [4.69, 9.17) is 21.3 Å². The van der Waals surface area contributed by atoms with E-state index >= 15 is 0 Å². The molecule has 1 aliphatic heterocycles. The number of halogens is 1. The normalized spacial score (nSPS) is 15.0. The van der Waals surface area contributed by atoms with E-state index in [0.717, 1.165) is 33.3 Å². The average Bonchev–Trinajstić information content (AvgIpc) is 3.49. The Kier molecular flexibility index (Phi) is 7.81. The molecule has 0 unspecified atom stereocenters. The number of para-hydroxylation sites is 1. The molecular formula is C34H31ClN4O3S. The average molecular weight is 611 g/mol. The number of fused-ring (bicyclic) bond motifs is 2. The van der Waals surface area contributed by atoms with Gasteiger partial charge in [-0.25, -0.2) is 9.79 Å². The number of carbonyl (C=O) groups excluding carboxylic acids is 1. The van der Waals surface area contributed by atoms with Gasteiger partial charge in [-0.15, -0.1) is 0 Å². The molecule has 0 radical (unpaired) electrons. The van der Waals surface area contributed by atoms with Crippen molar-refractivity contribution >= 4 is 51.6 Å². The van der Waals surface area contributed by atoms with E-state index in [-0.39, 0.29) is 12.2 Å². The summed E-state index contributed by atoms with van der Waals surface area (Å²) in [4.78, 5) is 34.7. The summed E-state index contributed by atoms with van der Waals surface area (Å²) in [6.07, 6.45) is 4.00. The van der Waals surface area contributed by atoms with Crippen LogP contribution in [-0.4, -0.2) is 35.8 Å². The van der Waals surface area contributed by atoms with Crippen molar-refractivity contribution in [2.75, 3.05) is 25.6 Å². The molecule has 6 rings (SSSR count). The molecule has 3 heterocycles. The smallest absolute Gasteiger partial charge is 0.338 e. The Hall–Kier alpha value is -4.40. The number of ether oxygens (including phenoxy) is 1. The van der Waals surface area contributed by atoms with Crippen molar-refractivity contribution in [1.82, 2.24) is 9.13 Å². The summed E-state index contributed by atoms with van der Waals surface area (Å²) < 4.78 is 9.79. The van der Waals surface area contributed by atoms with Gasteiger partial charge < -0.3 is 14.2 Å². The molecule has 0 spiro atoms. The minimum absolute atomic E-state index is 0.200. The lowest BCUT2D eigenvalue weighted by molar-refractivity contribution is -0.139. The lowest BCUT2D eigenvalue weighted by Crippen LogP contribution is -2.39. The van der Waals surface area contributed by atoms with Crippen LogP contribution in [0.4, 0.5) is 5.69 Å². The second-order valence-electron chi connectivity index (χ2n) is 10.6. The third-order valence-electron chi connectivity index (χ3n) is 7.61. The van der Waals surface area contributed by atoms with Crippen LogP contribution in [0, 0.1) is 0 Å². The fourth-order valence-electron chi connectivity index (χ4n) is 5.51. The van der Waals surface area contributed by atoms with E-state index in [0.29, 0.717) is 32.2 Å². The fraction of sp³-hybridized carbons (Fsp3) is 0.206. The largest absolute Gasteiger partial charge is 0.463 e. The number of carbonyl (C=O) groups is 1. The molecule has 0 saturated heterocycles. The fourth-order valence-corrected chi connectivity index (χ4v) is 6.67. The van der Waals surface area contributed by atoms with Crippen molar-refractivity contribution in [3.05, 3.63) is 132 Å². The van der Waals surface area contributed by atoms with Crippen molar-refractivity contribution in [1.29, 1.82) is 0 Å². The summed E-state index contributed by atoms with van der Waals surface area (Å²) >= 11 is 7.43. The quantitative estimate of drug-likeness (QED) is 0.228. The number of thiazole rings is 1. The molecule has 0 saturated carbocycles. The lowest BCUT2D eigenvalue weighted by atomic mass is 9.95. The number of anilines is 1. The number of hydrogen-bond donors (Lipinski definition) is 0. The van der Waals surface area contributed by atoms with Crippen LogP contribution in [0.3, 0.4) is 0 Å². The van der Waals surface area contributed by atoms with Crippen LogP contribution in [0.15, 0.2) is 100 Å². The van der Waals surface area contributed by atoms with E-state index in [9.17, 15) is 9.59 Å². The van der Waals surface area contributed by atoms with Gasteiger partial charge in [0.15, 0.2) is 4.80 Å². The van der Waals surface area contributed by atoms with Gasteiger partial charge in [0.2, 0.25) is 0 Å². The van der Waals surface area contributed by atoms with Gasteiger partial charge in [0.1, 0.15) is 0 Å². The van der Waals surface area contributed by atoms with Gasteiger partial charge in [0.05, 0.1) is 28.5 Å². The van der Waals surface area contributed by atoms with Crippen LogP contribution >= 0.6 is 22.9 Å². The Morgan fingerprint density at radius 3 is 2.49 bits per heavy atom. The van der Waals surface area contributed by atoms with Crippen molar-refractivity contribution < 1.29 is 9.53 Å². The molecule has 9 heteroatoms. The summed E-state index contributed by atoms with van der Waals surface area (Å²) in [7, 11) is 3.94. The molecule has 0 aliphatic carbocycles. The van der Waals surface area contributed by atoms with E-state index in [1.54, 1.807) is 18.4 Å². The second kappa shape index (κ2) is 11.7. The molecule has 2 aromatic heterocycles. The molecule has 3 aromatic carbocycles. The SMILES string of the molecule is CCOC(=O)C1=C(C)N=c2s/c(=C/c3cn(Cc4ccc(Cl)cc4)c4ccccc34)c(=O)n2[C@@H]1c1ccc(N(C)C)cc1. The molecule has 0 N–H and O–H groups in total. The van der Waals surface area contributed by atoms with Gasteiger partial charge in [0.25, 0.3) is 5.56 Å². The third-order valence-corrected chi connectivity index (χ3v) is 8.85. The van der Waals surface area contributed by atoms with Crippen molar-refractivity contribution in [3.63, 3.8) is 0 Å². The lowest BCUT2D eigenvalue weighted by Gasteiger charge is -2.25. The molecule has 5 aromatic rings. The van der Waals surface area contributed by atoms with Gasteiger partial charge in [0, 0.05) is 54.0 Å². The number of aromatic nitrogens is 2. The van der Waals surface area contributed by atoms with Gasteiger partial charge in [-0.05, 0) is 61.4 Å². The van der Waals surface area contributed by atoms with Gasteiger partial charge in [-0.1, -0.05) is 65.4 Å². The predicted octanol–water partition coefficient (Wildman–Crippen LogP) is 5.52. The molecule has 1 aliphatic rings. The maximum atomic E-state index is 14.2. The summed E-state index contributed by atoms with van der Waals surface area (Å²) in [5.74, 6) is -0.468. The summed E-state index contributed by atoms with van der Waals surface area (Å²) in [5, 5.41) is 1.74. The topological polar surface area (TPSA) is 68.8 Å². The first-order chi connectivity index (χ1) is 20.7. The Balaban J connectivity index is 1.50. The van der Waals surface area contributed by atoms with E-state index in [1.165, 1.54) is 11.3 Å². The van der Waals surface area contributed by atoms with Crippen LogP contribution in [0.5, 0.6) is 0 Å². The van der Waals surface area contributed by atoms with Crippen molar-refractivity contribution in [2.24, 2.45) is 4.99 Å². The summed E-state index contributed by atoms with van der Waals surface area (Å²) in [6, 6.07) is 23.2. The Morgan fingerprint density at radius 2 is 1.79 bits per heavy atom. The molecule has 7 nitrogen and oxygen atoms in total. The molecule has 43 heavy (non-hydrogen) atoms. The van der Waals surface area contributed by atoms with Crippen LogP contribution in [0.2, 0.25) is 5.02 Å². The maximum absolute atomic E-state index is 14.2. The molecule has 0 amide bonds. The van der Waals surface area contributed by atoms with Gasteiger partial charge in [-0.3, -0.25) is 9.36 Å². The van der Waals surface area contributed by atoms with E-state index in [1.807, 2.05) is 85.7 Å². The van der Waals surface area contributed by atoms with Crippen molar-refractivity contribution in [2.45, 2.75) is 26.4 Å². The Bertz CT molecular complexity index is 2050. The molecule has 0 fully saturated rings. The number of benzene rings is 3. The first-order valence-electron chi connectivity index (χ1n) is 14.0. The highest BCUT2D eigenvalue weighted by molar-refractivity contribution is 7.07. The predicted molar refractivity (Wildman–Crippen MR) is 174 cm³/mol. The highest BCUT2D eigenvalue weighted by atomic mass is 35.5. The van der Waals surface area contributed by atoms with Crippen LogP contribution in [-0.2, 0) is 16.1 Å². The van der Waals surface area contributed by atoms with Gasteiger partial charge in [-0.2, -0.15) is 0 Å². The molecule has 218 valence electrons. The zero-order chi connectivity index (χ0) is 30.2. The van der Waals surface area contributed by atoms with Crippen molar-refractivity contribution in [3.8, 4) is 0 Å². The van der Waals surface area contributed by atoms with Crippen LogP contribution in [0.1, 0.15) is 36.6 Å². The minimum Gasteiger partial charge on any atom is -0.463 e. The number of hydrogen-bond acceptors (Lipinski definition) is 6. The number of esters is 1. The minimum atomic E-state index is -0.653. The zero-order valence-corrected chi connectivity index (χ0v) is 25.9. The number of allylic oxidation sites excluding steroid dienone is 1. The monoisotopic (exact) mass is 610 g/mol.